The summed E-state index contributed by atoms with van der Waals surface area (Å²) in [5.41, 5.74) is 3.60. The molecular formula is C20H23NO4. The topological polar surface area (TPSA) is 67.8 Å². The number of carboxylic acid groups (broad SMARTS) is 1. The largest absolute Gasteiger partial charge is 0.494 e. The number of nitrogens with one attached hydrogen (secondary N) is 1. The van der Waals surface area contributed by atoms with Crippen LogP contribution in [-0.2, 0) is 19.5 Å². The molecule has 0 aliphatic carbocycles. The van der Waals surface area contributed by atoms with Gasteiger partial charge in [0.2, 0.25) is 0 Å². The molecule has 2 aromatic carbocycles. The van der Waals surface area contributed by atoms with Crippen LogP contribution in [0.2, 0.25) is 0 Å². The van der Waals surface area contributed by atoms with Crippen LogP contribution in [-0.4, -0.2) is 23.8 Å². The van der Waals surface area contributed by atoms with Crippen LogP contribution in [0.3, 0.4) is 0 Å². The molecule has 5 nitrogen and oxygen atoms in total. The fraction of sp³-hybridized carbons (Fsp3) is 0.350. The van der Waals surface area contributed by atoms with E-state index >= 15 is 0 Å². The maximum Gasteiger partial charge on any atom is 0.335 e. The van der Waals surface area contributed by atoms with Crippen LogP contribution in [0.1, 0.15) is 40.9 Å². The zero-order valence-electron chi connectivity index (χ0n) is 14.5. The van der Waals surface area contributed by atoms with E-state index in [-0.39, 0.29) is 6.10 Å². The molecule has 0 saturated heterocycles. The molecule has 1 aliphatic heterocycles. The second-order valence-corrected chi connectivity index (χ2v) is 6.24. The van der Waals surface area contributed by atoms with E-state index in [9.17, 15) is 4.79 Å². The number of ether oxygens (including phenoxy) is 2. The average Bonchev–Trinajstić information content (AvgIpc) is 2.94. The summed E-state index contributed by atoms with van der Waals surface area (Å²) in [6.07, 6.45) is 1.12. The van der Waals surface area contributed by atoms with Crippen molar-refractivity contribution < 1.29 is 19.4 Å². The van der Waals surface area contributed by atoms with Gasteiger partial charge in [0, 0.05) is 30.6 Å². The van der Waals surface area contributed by atoms with E-state index in [4.69, 9.17) is 14.6 Å². The second-order valence-electron chi connectivity index (χ2n) is 6.24. The van der Waals surface area contributed by atoms with Crippen LogP contribution in [0.15, 0.2) is 36.4 Å². The molecule has 0 saturated carbocycles. The highest BCUT2D eigenvalue weighted by Gasteiger charge is 2.21. The monoisotopic (exact) mass is 341 g/mol. The fourth-order valence-corrected chi connectivity index (χ4v) is 3.02. The molecule has 0 aromatic heterocycles. The minimum absolute atomic E-state index is 0.209. The molecule has 0 fully saturated rings. The highest BCUT2D eigenvalue weighted by atomic mass is 16.5. The lowest BCUT2D eigenvalue weighted by Gasteiger charge is -2.13. The van der Waals surface area contributed by atoms with Gasteiger partial charge < -0.3 is 19.9 Å². The molecular weight excluding hydrogens is 318 g/mol. The minimum Gasteiger partial charge on any atom is -0.494 e. The Bertz CT molecular complexity index is 755. The van der Waals surface area contributed by atoms with Gasteiger partial charge in [0.1, 0.15) is 17.6 Å². The Balaban J connectivity index is 1.66. The van der Waals surface area contributed by atoms with Crippen molar-refractivity contribution in [2.75, 3.05) is 6.61 Å². The maximum absolute atomic E-state index is 10.9. The lowest BCUT2D eigenvalue weighted by Crippen LogP contribution is -2.14. The first kappa shape index (κ1) is 17.3. The molecule has 2 N–H and O–H groups in total. The van der Waals surface area contributed by atoms with Crippen LogP contribution in [0.25, 0.3) is 0 Å². The van der Waals surface area contributed by atoms with E-state index in [2.05, 4.69) is 24.4 Å². The summed E-state index contributed by atoms with van der Waals surface area (Å²) in [6.45, 7) is 5.98. The quantitative estimate of drug-likeness (QED) is 0.808. The molecule has 0 bridgehead atoms. The van der Waals surface area contributed by atoms with Gasteiger partial charge in [0.05, 0.1) is 12.2 Å². The first-order valence-corrected chi connectivity index (χ1v) is 8.55. The van der Waals surface area contributed by atoms with Crippen LogP contribution in [0.4, 0.5) is 0 Å². The first-order chi connectivity index (χ1) is 12.1. The standard InChI is InChI=1S/C20H23NO4/c1-3-24-18-9-16-8-13(2)25-19(16)10-17(18)12-21-11-14-4-6-15(7-5-14)20(22)23/h4-7,9-10,13,21H,3,8,11-12H2,1-2H3,(H,22,23). The Hall–Kier alpha value is -2.53. The number of hydrogen-bond donors (Lipinski definition) is 2. The number of aromatic carboxylic acids is 1. The molecule has 25 heavy (non-hydrogen) atoms. The van der Waals surface area contributed by atoms with E-state index < -0.39 is 5.97 Å². The van der Waals surface area contributed by atoms with Gasteiger partial charge in [-0.15, -0.1) is 0 Å². The van der Waals surface area contributed by atoms with Crippen LogP contribution >= 0.6 is 0 Å². The van der Waals surface area contributed by atoms with Gasteiger partial charge in [0.15, 0.2) is 0 Å². The van der Waals surface area contributed by atoms with Crippen molar-refractivity contribution in [1.82, 2.24) is 5.32 Å². The predicted octanol–water partition coefficient (Wildman–Crippen LogP) is 3.40. The van der Waals surface area contributed by atoms with E-state index in [1.807, 2.05) is 19.1 Å². The smallest absolute Gasteiger partial charge is 0.335 e. The van der Waals surface area contributed by atoms with Crippen molar-refractivity contribution >= 4 is 5.97 Å². The molecule has 132 valence electrons. The van der Waals surface area contributed by atoms with E-state index in [1.165, 1.54) is 5.56 Å². The third-order valence-corrected chi connectivity index (χ3v) is 4.22. The number of hydrogen-bond acceptors (Lipinski definition) is 4. The number of benzene rings is 2. The van der Waals surface area contributed by atoms with E-state index in [1.54, 1.807) is 12.1 Å². The molecule has 3 rings (SSSR count). The van der Waals surface area contributed by atoms with Crippen molar-refractivity contribution in [2.45, 2.75) is 39.5 Å². The second kappa shape index (κ2) is 7.57. The molecule has 1 aliphatic rings. The Morgan fingerprint density at radius 1 is 1.28 bits per heavy atom. The van der Waals surface area contributed by atoms with Crippen LogP contribution in [0, 0.1) is 0 Å². The summed E-state index contributed by atoms with van der Waals surface area (Å²) in [5, 5.41) is 12.3. The molecule has 0 spiro atoms. The average molecular weight is 341 g/mol. The number of carboxylic acids is 1. The third-order valence-electron chi connectivity index (χ3n) is 4.22. The van der Waals surface area contributed by atoms with Gasteiger partial charge >= 0.3 is 5.97 Å². The summed E-state index contributed by atoms with van der Waals surface area (Å²) in [6, 6.07) is 11.0. The van der Waals surface area contributed by atoms with Gasteiger partial charge in [-0.1, -0.05) is 12.1 Å². The first-order valence-electron chi connectivity index (χ1n) is 8.55. The summed E-state index contributed by atoms with van der Waals surface area (Å²) in [7, 11) is 0. The Labute approximate surface area is 147 Å². The number of fused-ring (bicyclic) bond motifs is 1. The van der Waals surface area contributed by atoms with Crippen molar-refractivity contribution in [3.05, 3.63) is 58.7 Å². The van der Waals surface area contributed by atoms with Crippen LogP contribution in [0.5, 0.6) is 11.5 Å². The minimum atomic E-state index is -0.909. The zero-order valence-corrected chi connectivity index (χ0v) is 14.5. The molecule has 1 unspecified atom stereocenters. The highest BCUT2D eigenvalue weighted by molar-refractivity contribution is 5.87. The SMILES string of the molecule is CCOc1cc2c(cc1CNCc1ccc(C(=O)O)cc1)OC(C)C2. The Morgan fingerprint density at radius 2 is 2.04 bits per heavy atom. The molecule has 1 heterocycles. The van der Waals surface area contributed by atoms with Crippen molar-refractivity contribution in [2.24, 2.45) is 0 Å². The van der Waals surface area contributed by atoms with Gasteiger partial charge in [-0.2, -0.15) is 0 Å². The van der Waals surface area contributed by atoms with E-state index in [0.29, 0.717) is 25.3 Å². The van der Waals surface area contributed by atoms with Crippen molar-refractivity contribution in [3.8, 4) is 11.5 Å². The van der Waals surface area contributed by atoms with E-state index in [0.717, 1.165) is 29.0 Å². The summed E-state index contributed by atoms with van der Waals surface area (Å²) >= 11 is 0. The highest BCUT2D eigenvalue weighted by Crippen LogP contribution is 2.35. The van der Waals surface area contributed by atoms with Gasteiger partial charge in [-0.25, -0.2) is 4.79 Å². The Morgan fingerprint density at radius 3 is 2.72 bits per heavy atom. The van der Waals surface area contributed by atoms with Crippen molar-refractivity contribution in [1.29, 1.82) is 0 Å². The lowest BCUT2D eigenvalue weighted by molar-refractivity contribution is 0.0697. The van der Waals surface area contributed by atoms with Crippen molar-refractivity contribution in [3.63, 3.8) is 0 Å². The Kier molecular flexibility index (Phi) is 5.24. The van der Waals surface area contributed by atoms with Gasteiger partial charge in [-0.05, 0) is 43.7 Å². The molecule has 5 heteroatoms. The summed E-state index contributed by atoms with van der Waals surface area (Å²) < 4.78 is 11.6. The molecule has 0 amide bonds. The molecule has 1 atom stereocenters. The normalized spacial score (nSPS) is 15.5. The fourth-order valence-electron chi connectivity index (χ4n) is 3.02. The number of carbonyl (C=O) groups is 1. The van der Waals surface area contributed by atoms with Crippen LogP contribution < -0.4 is 14.8 Å². The zero-order chi connectivity index (χ0) is 17.8. The lowest BCUT2D eigenvalue weighted by atomic mass is 10.1. The van der Waals surface area contributed by atoms with Gasteiger partial charge in [-0.3, -0.25) is 0 Å². The summed E-state index contributed by atoms with van der Waals surface area (Å²) in [5.74, 6) is 0.930. The van der Waals surface area contributed by atoms with Gasteiger partial charge in [0.25, 0.3) is 0 Å². The predicted molar refractivity (Wildman–Crippen MR) is 95.4 cm³/mol. The summed E-state index contributed by atoms with van der Waals surface area (Å²) in [4.78, 5) is 10.9. The number of rotatable bonds is 7. The third kappa shape index (κ3) is 4.12. The molecule has 0 radical (unpaired) electrons. The maximum atomic E-state index is 10.9. The molecule has 2 aromatic rings.